The molecule has 0 spiro atoms. The van der Waals surface area contributed by atoms with E-state index >= 15 is 0 Å². The molecule has 21 heavy (non-hydrogen) atoms. The van der Waals surface area contributed by atoms with Gasteiger partial charge in [-0.25, -0.2) is 0 Å². The van der Waals surface area contributed by atoms with E-state index < -0.39 is 18.2 Å². The molecule has 6 heteroatoms. The standard InChI is InChI=1S/C15H12ClF3O2/c1-9-5-4-7-11(13(9)16)14(20)10-6-2-3-8-12(10)21-15(17,18)19/h2-8,14,20H,1H3. The zero-order valence-electron chi connectivity index (χ0n) is 11.0. The van der Waals surface area contributed by atoms with Crippen LogP contribution in [0.3, 0.4) is 0 Å². The molecule has 0 saturated carbocycles. The first-order chi connectivity index (χ1) is 9.79. The van der Waals surface area contributed by atoms with Crippen molar-refractivity contribution in [1.29, 1.82) is 0 Å². The van der Waals surface area contributed by atoms with Crippen LogP contribution in [-0.2, 0) is 0 Å². The highest BCUT2D eigenvalue weighted by Crippen LogP contribution is 2.36. The van der Waals surface area contributed by atoms with Crippen LogP contribution in [0.1, 0.15) is 22.8 Å². The molecule has 0 fully saturated rings. The molecular formula is C15H12ClF3O2. The lowest BCUT2D eigenvalue weighted by molar-refractivity contribution is -0.275. The largest absolute Gasteiger partial charge is 0.573 e. The molecule has 1 unspecified atom stereocenters. The van der Waals surface area contributed by atoms with Crippen molar-refractivity contribution in [3.63, 3.8) is 0 Å². The highest BCUT2D eigenvalue weighted by atomic mass is 35.5. The van der Waals surface area contributed by atoms with Gasteiger partial charge in [-0.2, -0.15) is 0 Å². The van der Waals surface area contributed by atoms with E-state index in [0.29, 0.717) is 10.6 Å². The van der Waals surface area contributed by atoms with Crippen molar-refractivity contribution in [3.8, 4) is 5.75 Å². The summed E-state index contributed by atoms with van der Waals surface area (Å²) in [6, 6.07) is 10.4. The Kier molecular flexibility index (Phi) is 4.44. The predicted octanol–water partition coefficient (Wildman–Crippen LogP) is 4.63. The molecule has 1 N–H and O–H groups in total. The topological polar surface area (TPSA) is 29.5 Å². The number of alkyl halides is 3. The summed E-state index contributed by atoms with van der Waals surface area (Å²) in [5.74, 6) is -0.449. The third kappa shape index (κ3) is 3.68. The summed E-state index contributed by atoms with van der Waals surface area (Å²) in [5, 5.41) is 10.7. The van der Waals surface area contributed by atoms with Crippen molar-refractivity contribution in [1.82, 2.24) is 0 Å². The van der Waals surface area contributed by atoms with E-state index in [1.807, 2.05) is 0 Å². The number of rotatable bonds is 3. The second kappa shape index (κ2) is 5.95. The predicted molar refractivity (Wildman–Crippen MR) is 73.4 cm³/mol. The number of benzene rings is 2. The molecule has 2 aromatic carbocycles. The Balaban J connectivity index is 2.44. The summed E-state index contributed by atoms with van der Waals surface area (Å²) < 4.78 is 41.1. The normalized spacial score (nSPS) is 13.0. The fourth-order valence-corrected chi connectivity index (χ4v) is 2.20. The third-order valence-electron chi connectivity index (χ3n) is 2.96. The van der Waals surface area contributed by atoms with E-state index in [1.54, 1.807) is 25.1 Å². The van der Waals surface area contributed by atoms with Gasteiger partial charge in [-0.3, -0.25) is 0 Å². The maximum atomic E-state index is 12.4. The van der Waals surface area contributed by atoms with Crippen molar-refractivity contribution < 1.29 is 23.0 Å². The van der Waals surface area contributed by atoms with E-state index in [0.717, 1.165) is 11.6 Å². The molecule has 0 aliphatic rings. The lowest BCUT2D eigenvalue weighted by atomic mass is 9.99. The number of aliphatic hydroxyl groups excluding tert-OH is 1. The molecule has 0 heterocycles. The minimum absolute atomic E-state index is 0.00215. The van der Waals surface area contributed by atoms with Crippen LogP contribution in [0, 0.1) is 6.92 Å². The van der Waals surface area contributed by atoms with Crippen LogP contribution in [-0.4, -0.2) is 11.5 Å². The van der Waals surface area contributed by atoms with Crippen LogP contribution in [0.4, 0.5) is 13.2 Å². The van der Waals surface area contributed by atoms with Crippen molar-refractivity contribution in [2.24, 2.45) is 0 Å². The molecule has 0 aliphatic heterocycles. The Morgan fingerprint density at radius 3 is 2.33 bits per heavy atom. The lowest BCUT2D eigenvalue weighted by Crippen LogP contribution is -2.19. The number of para-hydroxylation sites is 1. The molecule has 2 nitrogen and oxygen atoms in total. The Morgan fingerprint density at radius 2 is 1.67 bits per heavy atom. The average molecular weight is 317 g/mol. The summed E-state index contributed by atoms with van der Waals surface area (Å²) in [4.78, 5) is 0. The molecule has 0 saturated heterocycles. The Bertz CT molecular complexity index is 641. The molecule has 0 radical (unpaired) electrons. The van der Waals surface area contributed by atoms with Gasteiger partial charge in [-0.05, 0) is 18.6 Å². The van der Waals surface area contributed by atoms with Gasteiger partial charge >= 0.3 is 6.36 Å². The van der Waals surface area contributed by atoms with E-state index in [9.17, 15) is 18.3 Å². The highest BCUT2D eigenvalue weighted by molar-refractivity contribution is 6.32. The number of hydrogen-bond acceptors (Lipinski definition) is 2. The van der Waals surface area contributed by atoms with Gasteiger partial charge in [0.05, 0.1) is 0 Å². The van der Waals surface area contributed by atoms with Gasteiger partial charge in [0, 0.05) is 16.1 Å². The van der Waals surface area contributed by atoms with Crippen LogP contribution in [0.15, 0.2) is 42.5 Å². The first kappa shape index (κ1) is 15.7. The summed E-state index contributed by atoms with van der Waals surface area (Å²) in [6.45, 7) is 1.75. The van der Waals surface area contributed by atoms with Crippen LogP contribution < -0.4 is 4.74 Å². The number of aryl methyl sites for hydroxylation is 1. The average Bonchev–Trinajstić information content (AvgIpc) is 2.40. The van der Waals surface area contributed by atoms with E-state index in [-0.39, 0.29) is 5.56 Å². The minimum Gasteiger partial charge on any atom is -0.405 e. The molecule has 0 bridgehead atoms. The van der Waals surface area contributed by atoms with Gasteiger partial charge in [-0.1, -0.05) is 48.0 Å². The fraction of sp³-hybridized carbons (Fsp3) is 0.200. The van der Waals surface area contributed by atoms with E-state index in [1.165, 1.54) is 18.2 Å². The van der Waals surface area contributed by atoms with Crippen LogP contribution in [0.25, 0.3) is 0 Å². The second-order valence-corrected chi connectivity index (χ2v) is 4.84. The van der Waals surface area contributed by atoms with Gasteiger partial charge in [-0.15, -0.1) is 13.2 Å². The van der Waals surface area contributed by atoms with Crippen molar-refractivity contribution in [2.75, 3.05) is 0 Å². The van der Waals surface area contributed by atoms with Crippen molar-refractivity contribution >= 4 is 11.6 Å². The maximum Gasteiger partial charge on any atom is 0.573 e. The van der Waals surface area contributed by atoms with Crippen LogP contribution in [0.5, 0.6) is 5.75 Å². The molecule has 0 aromatic heterocycles. The number of halogens is 4. The molecule has 2 rings (SSSR count). The van der Waals surface area contributed by atoms with E-state index in [4.69, 9.17) is 11.6 Å². The number of ether oxygens (including phenoxy) is 1. The van der Waals surface area contributed by atoms with Gasteiger partial charge in [0.1, 0.15) is 11.9 Å². The third-order valence-corrected chi connectivity index (χ3v) is 3.47. The summed E-state index contributed by atoms with van der Waals surface area (Å²) in [6.07, 6.45) is -6.14. The van der Waals surface area contributed by atoms with Gasteiger partial charge in [0.25, 0.3) is 0 Å². The highest BCUT2D eigenvalue weighted by Gasteiger charge is 2.33. The summed E-state index contributed by atoms with van der Waals surface area (Å²) in [7, 11) is 0. The second-order valence-electron chi connectivity index (χ2n) is 4.47. The molecule has 2 aromatic rings. The number of hydrogen-bond donors (Lipinski definition) is 1. The van der Waals surface area contributed by atoms with E-state index in [2.05, 4.69) is 4.74 Å². The molecule has 112 valence electrons. The first-order valence-electron chi connectivity index (χ1n) is 6.07. The maximum absolute atomic E-state index is 12.4. The molecule has 1 atom stereocenters. The fourth-order valence-electron chi connectivity index (χ4n) is 1.97. The Hall–Kier alpha value is -1.72. The smallest absolute Gasteiger partial charge is 0.405 e. The van der Waals surface area contributed by atoms with Gasteiger partial charge in [0.15, 0.2) is 0 Å². The Morgan fingerprint density at radius 1 is 1.05 bits per heavy atom. The first-order valence-corrected chi connectivity index (χ1v) is 6.45. The molecular weight excluding hydrogens is 305 g/mol. The van der Waals surface area contributed by atoms with Crippen molar-refractivity contribution in [2.45, 2.75) is 19.4 Å². The van der Waals surface area contributed by atoms with Crippen LogP contribution in [0.2, 0.25) is 5.02 Å². The zero-order chi connectivity index (χ0) is 15.6. The molecule has 0 aliphatic carbocycles. The van der Waals surface area contributed by atoms with Crippen molar-refractivity contribution in [3.05, 3.63) is 64.2 Å². The minimum atomic E-state index is -4.83. The summed E-state index contributed by atoms with van der Waals surface area (Å²) in [5.41, 5.74) is 1.06. The quantitative estimate of drug-likeness (QED) is 0.894. The zero-order valence-corrected chi connectivity index (χ0v) is 11.7. The number of aliphatic hydroxyl groups is 1. The lowest BCUT2D eigenvalue weighted by Gasteiger charge is -2.18. The molecule has 0 amide bonds. The van der Waals surface area contributed by atoms with Gasteiger partial charge < -0.3 is 9.84 Å². The summed E-state index contributed by atoms with van der Waals surface area (Å²) >= 11 is 6.10. The van der Waals surface area contributed by atoms with Gasteiger partial charge in [0.2, 0.25) is 0 Å². The SMILES string of the molecule is Cc1cccc(C(O)c2ccccc2OC(F)(F)F)c1Cl. The Labute approximate surface area is 124 Å². The van der Waals surface area contributed by atoms with Crippen LogP contribution >= 0.6 is 11.6 Å². The monoisotopic (exact) mass is 316 g/mol.